The molecular weight excluding hydrogens is 287 g/mol. The normalized spacial score (nSPS) is 14.4. The molecule has 1 aromatic heterocycles. The molecule has 0 saturated heterocycles. The van der Waals surface area contributed by atoms with E-state index in [-0.39, 0.29) is 6.92 Å². The number of carboxylic acids is 1. The fourth-order valence-corrected chi connectivity index (χ4v) is 1.12. The van der Waals surface area contributed by atoms with Crippen LogP contribution in [-0.2, 0) is 4.79 Å². The molecule has 1 atom stereocenters. The van der Waals surface area contributed by atoms with Crippen LogP contribution in [0.3, 0.4) is 0 Å². The number of hydrogen-bond acceptors (Lipinski definition) is 4. The molecule has 0 saturated carbocycles. The van der Waals surface area contributed by atoms with Crippen molar-refractivity contribution >= 4 is 11.9 Å². The quantitative estimate of drug-likeness (QED) is 0.579. The summed E-state index contributed by atoms with van der Waals surface area (Å²) >= 11 is 0. The number of amides is 1. The molecule has 1 amide bonds. The van der Waals surface area contributed by atoms with Crippen molar-refractivity contribution in [1.82, 2.24) is 15.3 Å². The lowest BCUT2D eigenvalue weighted by atomic mass is 10.0. The topological polar surface area (TPSA) is 132 Å². The molecule has 0 spiro atoms. The second-order valence-electron chi connectivity index (χ2n) is 3.87. The number of carbonyl (C=O) groups excluding carboxylic acids is 1. The van der Waals surface area contributed by atoms with Crippen LogP contribution in [0.4, 0.5) is 13.2 Å². The maximum atomic E-state index is 12.7. The predicted molar refractivity (Wildman–Crippen MR) is 57.2 cm³/mol. The van der Waals surface area contributed by atoms with Crippen molar-refractivity contribution < 1.29 is 27.9 Å². The number of aromatic amines is 2. The van der Waals surface area contributed by atoms with Gasteiger partial charge in [-0.1, -0.05) is 0 Å². The Morgan fingerprint density at radius 2 is 1.85 bits per heavy atom. The predicted octanol–water partition coefficient (Wildman–Crippen LogP) is -0.801. The van der Waals surface area contributed by atoms with Gasteiger partial charge in [0.05, 0.1) is 0 Å². The number of alkyl halides is 3. The zero-order chi connectivity index (χ0) is 15.7. The van der Waals surface area contributed by atoms with Crippen LogP contribution in [0.15, 0.2) is 15.8 Å². The maximum Gasteiger partial charge on any atom is 0.422 e. The molecule has 8 nitrogen and oxygen atoms in total. The Labute approximate surface area is 107 Å². The SMILES string of the molecule is CC(NC(=O)c1c[nH]c(=O)[nH]c1=O)(C(=O)O)C(F)(F)F. The molecule has 1 heterocycles. The van der Waals surface area contributed by atoms with E-state index in [0.29, 0.717) is 6.20 Å². The van der Waals surface area contributed by atoms with Gasteiger partial charge in [0.25, 0.3) is 11.5 Å². The van der Waals surface area contributed by atoms with Gasteiger partial charge in [-0.2, -0.15) is 13.2 Å². The number of nitrogens with one attached hydrogen (secondary N) is 3. The van der Waals surface area contributed by atoms with Gasteiger partial charge in [0.2, 0.25) is 5.54 Å². The smallest absolute Gasteiger partial charge is 0.422 e. The highest BCUT2D eigenvalue weighted by molar-refractivity contribution is 5.97. The van der Waals surface area contributed by atoms with Gasteiger partial charge in [-0.15, -0.1) is 0 Å². The van der Waals surface area contributed by atoms with E-state index in [1.165, 1.54) is 5.32 Å². The first-order valence-corrected chi connectivity index (χ1v) is 4.93. The monoisotopic (exact) mass is 295 g/mol. The summed E-state index contributed by atoms with van der Waals surface area (Å²) in [4.78, 5) is 47.6. The van der Waals surface area contributed by atoms with E-state index >= 15 is 0 Å². The van der Waals surface area contributed by atoms with E-state index in [1.54, 1.807) is 4.98 Å². The third-order valence-electron chi connectivity index (χ3n) is 2.42. The lowest BCUT2D eigenvalue weighted by Gasteiger charge is -2.28. The van der Waals surface area contributed by atoms with E-state index in [2.05, 4.69) is 0 Å². The minimum atomic E-state index is -5.29. The van der Waals surface area contributed by atoms with Gasteiger partial charge in [0, 0.05) is 6.20 Å². The number of aromatic nitrogens is 2. The Balaban J connectivity index is 3.20. The van der Waals surface area contributed by atoms with Crippen LogP contribution < -0.4 is 16.6 Å². The van der Waals surface area contributed by atoms with Crippen LogP contribution in [-0.4, -0.2) is 38.7 Å². The molecule has 1 aromatic rings. The molecule has 20 heavy (non-hydrogen) atoms. The van der Waals surface area contributed by atoms with Crippen molar-refractivity contribution in [3.8, 4) is 0 Å². The van der Waals surface area contributed by atoms with E-state index in [1.807, 2.05) is 4.98 Å². The Morgan fingerprint density at radius 3 is 2.25 bits per heavy atom. The average Bonchev–Trinajstić information content (AvgIpc) is 2.26. The highest BCUT2D eigenvalue weighted by atomic mass is 19.4. The molecule has 0 aliphatic rings. The Morgan fingerprint density at radius 1 is 1.30 bits per heavy atom. The molecule has 0 radical (unpaired) electrons. The maximum absolute atomic E-state index is 12.7. The van der Waals surface area contributed by atoms with Gasteiger partial charge in [-0.3, -0.25) is 14.6 Å². The summed E-state index contributed by atoms with van der Waals surface area (Å²) in [6, 6.07) is 0. The third kappa shape index (κ3) is 2.70. The van der Waals surface area contributed by atoms with Crippen molar-refractivity contribution in [3.63, 3.8) is 0 Å². The summed E-state index contributed by atoms with van der Waals surface area (Å²) in [6.45, 7) is 0.229. The molecule has 0 bridgehead atoms. The van der Waals surface area contributed by atoms with E-state index < -0.39 is 40.4 Å². The highest BCUT2D eigenvalue weighted by Crippen LogP contribution is 2.30. The summed E-state index contributed by atoms with van der Waals surface area (Å²) in [5.74, 6) is -3.94. The fourth-order valence-electron chi connectivity index (χ4n) is 1.12. The highest BCUT2D eigenvalue weighted by Gasteiger charge is 2.58. The minimum absolute atomic E-state index is 0.229. The lowest BCUT2D eigenvalue weighted by Crippen LogP contribution is -2.62. The van der Waals surface area contributed by atoms with Crippen LogP contribution in [0.1, 0.15) is 17.3 Å². The lowest BCUT2D eigenvalue weighted by molar-refractivity contribution is -0.203. The Hall–Kier alpha value is -2.59. The number of aliphatic carboxylic acids is 1. The molecule has 0 fully saturated rings. The first-order valence-electron chi connectivity index (χ1n) is 4.93. The molecular formula is C9H8F3N3O5. The van der Waals surface area contributed by atoms with Gasteiger partial charge >= 0.3 is 17.8 Å². The second kappa shape index (κ2) is 4.83. The van der Waals surface area contributed by atoms with Gasteiger partial charge in [-0.25, -0.2) is 9.59 Å². The third-order valence-corrected chi connectivity index (χ3v) is 2.42. The van der Waals surface area contributed by atoms with Crippen LogP contribution in [0.25, 0.3) is 0 Å². The van der Waals surface area contributed by atoms with Gasteiger partial charge < -0.3 is 15.4 Å². The molecule has 11 heteroatoms. The average molecular weight is 295 g/mol. The van der Waals surface area contributed by atoms with Crippen LogP contribution in [0, 0.1) is 0 Å². The number of carboxylic acid groups (broad SMARTS) is 1. The van der Waals surface area contributed by atoms with Crippen LogP contribution in [0.5, 0.6) is 0 Å². The van der Waals surface area contributed by atoms with Crippen molar-refractivity contribution in [2.75, 3.05) is 0 Å². The number of halogens is 3. The molecule has 110 valence electrons. The second-order valence-corrected chi connectivity index (χ2v) is 3.87. The number of hydrogen-bond donors (Lipinski definition) is 4. The van der Waals surface area contributed by atoms with E-state index in [4.69, 9.17) is 5.11 Å². The van der Waals surface area contributed by atoms with Crippen molar-refractivity contribution in [1.29, 1.82) is 0 Å². The summed E-state index contributed by atoms with van der Waals surface area (Å²) in [5, 5.41) is 9.80. The summed E-state index contributed by atoms with van der Waals surface area (Å²) < 4.78 is 38.0. The first-order chi connectivity index (χ1) is 8.99. The minimum Gasteiger partial charge on any atom is -0.479 e. The van der Waals surface area contributed by atoms with Gasteiger partial charge in [0.1, 0.15) is 5.56 Å². The number of H-pyrrole nitrogens is 2. The zero-order valence-electron chi connectivity index (χ0n) is 9.79. The summed E-state index contributed by atoms with van der Waals surface area (Å²) in [6.07, 6.45) is -4.71. The standard InChI is InChI=1S/C9H8F3N3O5/c1-8(6(18)19,9(10,11)12)15-5(17)3-2-13-7(20)14-4(3)16/h2H,1H3,(H,15,17)(H,18,19)(H2,13,14,16,20). The van der Waals surface area contributed by atoms with E-state index in [9.17, 15) is 32.3 Å². The fraction of sp³-hybridized carbons (Fsp3) is 0.333. The number of rotatable bonds is 3. The molecule has 0 aliphatic carbocycles. The molecule has 0 aliphatic heterocycles. The number of carbonyl (C=O) groups is 2. The van der Waals surface area contributed by atoms with Crippen molar-refractivity contribution in [2.45, 2.75) is 18.6 Å². The molecule has 1 unspecified atom stereocenters. The van der Waals surface area contributed by atoms with Crippen LogP contribution in [0.2, 0.25) is 0 Å². The Bertz CT molecular complexity index is 662. The largest absolute Gasteiger partial charge is 0.479 e. The summed E-state index contributed by atoms with van der Waals surface area (Å²) in [5.41, 5.74) is -6.65. The van der Waals surface area contributed by atoms with Crippen LogP contribution >= 0.6 is 0 Å². The Kier molecular flexibility index (Phi) is 3.73. The van der Waals surface area contributed by atoms with Gasteiger partial charge in [0.15, 0.2) is 0 Å². The molecule has 4 N–H and O–H groups in total. The molecule has 0 aromatic carbocycles. The summed E-state index contributed by atoms with van der Waals surface area (Å²) in [7, 11) is 0. The van der Waals surface area contributed by atoms with E-state index in [0.717, 1.165) is 0 Å². The molecule has 1 rings (SSSR count). The van der Waals surface area contributed by atoms with Crippen molar-refractivity contribution in [2.24, 2.45) is 0 Å². The zero-order valence-corrected chi connectivity index (χ0v) is 9.79. The van der Waals surface area contributed by atoms with Crippen molar-refractivity contribution in [3.05, 3.63) is 32.6 Å². The first kappa shape index (κ1) is 15.5. The van der Waals surface area contributed by atoms with Gasteiger partial charge in [-0.05, 0) is 6.92 Å².